The third-order valence-electron chi connectivity index (χ3n) is 5.09. The molecule has 2 heterocycles. The molecular weight excluding hydrogens is 302 g/mol. The Bertz CT molecular complexity index is 594. The highest BCUT2D eigenvalue weighted by molar-refractivity contribution is 5.95. The highest BCUT2D eigenvalue weighted by Gasteiger charge is 2.31. The molecule has 1 unspecified atom stereocenters. The summed E-state index contributed by atoms with van der Waals surface area (Å²) in [5, 5.41) is 3.53. The van der Waals surface area contributed by atoms with E-state index in [-0.39, 0.29) is 11.5 Å². The van der Waals surface area contributed by atoms with E-state index in [0.29, 0.717) is 11.5 Å². The van der Waals surface area contributed by atoms with Crippen LogP contribution >= 0.6 is 0 Å². The Hall–Kier alpha value is -1.75. The van der Waals surface area contributed by atoms with Gasteiger partial charge in [-0.25, -0.2) is 0 Å². The maximum absolute atomic E-state index is 11.5. The third kappa shape index (κ3) is 4.01. The van der Waals surface area contributed by atoms with E-state index < -0.39 is 0 Å². The second-order valence-electron chi connectivity index (χ2n) is 7.65. The fourth-order valence-electron chi connectivity index (χ4n) is 3.82. The van der Waals surface area contributed by atoms with Crippen molar-refractivity contribution in [2.45, 2.75) is 45.1 Å². The summed E-state index contributed by atoms with van der Waals surface area (Å²) in [6, 6.07) is 5.75. The van der Waals surface area contributed by atoms with Gasteiger partial charge in [0.1, 0.15) is 0 Å². The lowest BCUT2D eigenvalue weighted by atomic mass is 9.95. The molecule has 2 aliphatic heterocycles. The minimum atomic E-state index is -0.378. The zero-order valence-corrected chi connectivity index (χ0v) is 14.8. The molecule has 1 aromatic rings. The molecule has 24 heavy (non-hydrogen) atoms. The zero-order chi connectivity index (χ0) is 17.2. The molecule has 2 aliphatic rings. The summed E-state index contributed by atoms with van der Waals surface area (Å²) in [6.07, 6.45) is 4.63. The number of rotatable bonds is 6. The van der Waals surface area contributed by atoms with Gasteiger partial charge >= 0.3 is 0 Å². The van der Waals surface area contributed by atoms with Crippen molar-refractivity contribution in [1.82, 2.24) is 0 Å². The number of hydrogen-bond donors (Lipinski definition) is 2. The number of carbonyl (C=O) groups is 1. The van der Waals surface area contributed by atoms with Crippen LogP contribution in [-0.4, -0.2) is 37.7 Å². The van der Waals surface area contributed by atoms with Gasteiger partial charge in [-0.3, -0.25) is 4.79 Å². The van der Waals surface area contributed by atoms with Crippen LogP contribution in [0.4, 0.5) is 11.4 Å². The maximum Gasteiger partial charge on any atom is 0.248 e. The van der Waals surface area contributed by atoms with Gasteiger partial charge in [0.2, 0.25) is 5.91 Å². The Labute approximate surface area is 144 Å². The summed E-state index contributed by atoms with van der Waals surface area (Å²) < 4.78 is 5.81. The Kier molecular flexibility index (Phi) is 4.99. The van der Waals surface area contributed by atoms with Gasteiger partial charge < -0.3 is 20.7 Å². The predicted molar refractivity (Wildman–Crippen MR) is 97.7 cm³/mol. The number of nitrogens with zero attached hydrogens (tertiary/aromatic N) is 1. The van der Waals surface area contributed by atoms with Crippen LogP contribution in [0, 0.1) is 5.92 Å². The van der Waals surface area contributed by atoms with Gasteiger partial charge in [-0.2, -0.15) is 0 Å². The standard InChI is InChI=1S/C19H29N3O2/c1-19(2)12-14(13-24-19)7-8-21-16-11-15(18(20)23)5-6-17(16)22-9-3-4-10-22/h5-6,11,14,21H,3-4,7-10,12-13H2,1-2H3,(H2,20,23). The average molecular weight is 331 g/mol. The third-order valence-corrected chi connectivity index (χ3v) is 5.09. The van der Waals surface area contributed by atoms with Crippen molar-refractivity contribution < 1.29 is 9.53 Å². The fourth-order valence-corrected chi connectivity index (χ4v) is 3.82. The first kappa shape index (κ1) is 17.1. The van der Waals surface area contributed by atoms with Crippen molar-refractivity contribution in [2.75, 3.05) is 36.5 Å². The summed E-state index contributed by atoms with van der Waals surface area (Å²) in [5.74, 6) is 0.221. The van der Waals surface area contributed by atoms with Crippen molar-refractivity contribution >= 4 is 17.3 Å². The van der Waals surface area contributed by atoms with E-state index in [1.165, 1.54) is 18.5 Å². The Balaban J connectivity index is 1.66. The summed E-state index contributed by atoms with van der Waals surface area (Å²) in [6.45, 7) is 8.19. The molecule has 0 aromatic heterocycles. The summed E-state index contributed by atoms with van der Waals surface area (Å²) in [7, 11) is 0. The van der Waals surface area contributed by atoms with Gasteiger partial charge in [-0.1, -0.05) is 0 Å². The van der Waals surface area contributed by atoms with E-state index in [0.717, 1.165) is 44.8 Å². The summed E-state index contributed by atoms with van der Waals surface area (Å²) >= 11 is 0. The molecule has 0 radical (unpaired) electrons. The maximum atomic E-state index is 11.5. The number of nitrogens with two attached hydrogens (primary N) is 1. The molecule has 5 nitrogen and oxygen atoms in total. The van der Waals surface area contributed by atoms with Crippen LogP contribution in [0.2, 0.25) is 0 Å². The van der Waals surface area contributed by atoms with E-state index in [9.17, 15) is 4.79 Å². The summed E-state index contributed by atoms with van der Waals surface area (Å²) in [5.41, 5.74) is 8.22. The van der Waals surface area contributed by atoms with Crippen molar-refractivity contribution in [3.05, 3.63) is 23.8 Å². The number of amides is 1. The first-order valence-electron chi connectivity index (χ1n) is 9.01. The van der Waals surface area contributed by atoms with E-state index in [1.54, 1.807) is 0 Å². The molecule has 132 valence electrons. The lowest BCUT2D eigenvalue weighted by Gasteiger charge is -2.23. The Morgan fingerprint density at radius 3 is 2.75 bits per heavy atom. The molecular formula is C19H29N3O2. The van der Waals surface area contributed by atoms with E-state index in [2.05, 4.69) is 24.1 Å². The first-order chi connectivity index (χ1) is 11.4. The number of anilines is 2. The number of ether oxygens (including phenoxy) is 1. The van der Waals surface area contributed by atoms with Crippen LogP contribution in [-0.2, 0) is 4.74 Å². The molecule has 3 rings (SSSR count). The van der Waals surface area contributed by atoms with Gasteiger partial charge in [0, 0.05) is 25.2 Å². The topological polar surface area (TPSA) is 67.6 Å². The number of nitrogens with one attached hydrogen (secondary N) is 1. The smallest absolute Gasteiger partial charge is 0.248 e. The van der Waals surface area contributed by atoms with E-state index in [1.807, 2.05) is 18.2 Å². The molecule has 3 N–H and O–H groups in total. The molecule has 0 bridgehead atoms. The molecule has 1 amide bonds. The van der Waals surface area contributed by atoms with Gasteiger partial charge in [-0.15, -0.1) is 0 Å². The largest absolute Gasteiger partial charge is 0.383 e. The minimum Gasteiger partial charge on any atom is -0.383 e. The number of carbonyl (C=O) groups excluding carboxylic acids is 1. The average Bonchev–Trinajstić information content (AvgIpc) is 3.17. The normalized spacial score (nSPS) is 22.8. The second kappa shape index (κ2) is 7.01. The van der Waals surface area contributed by atoms with Crippen molar-refractivity contribution in [1.29, 1.82) is 0 Å². The first-order valence-corrected chi connectivity index (χ1v) is 9.01. The number of hydrogen-bond acceptors (Lipinski definition) is 4. The van der Waals surface area contributed by atoms with Crippen LogP contribution in [0.15, 0.2) is 18.2 Å². The lowest BCUT2D eigenvalue weighted by Crippen LogP contribution is -2.21. The molecule has 2 saturated heterocycles. The number of primary amides is 1. The van der Waals surface area contributed by atoms with Crippen LogP contribution in [0.5, 0.6) is 0 Å². The molecule has 0 spiro atoms. The molecule has 1 aromatic carbocycles. The van der Waals surface area contributed by atoms with Crippen molar-refractivity contribution in [3.8, 4) is 0 Å². The van der Waals surface area contributed by atoms with E-state index in [4.69, 9.17) is 10.5 Å². The Morgan fingerprint density at radius 2 is 2.12 bits per heavy atom. The Morgan fingerprint density at radius 1 is 1.38 bits per heavy atom. The molecule has 5 heteroatoms. The molecule has 2 fully saturated rings. The monoisotopic (exact) mass is 331 g/mol. The molecule has 0 aliphatic carbocycles. The van der Waals surface area contributed by atoms with Crippen LogP contribution in [0.25, 0.3) is 0 Å². The van der Waals surface area contributed by atoms with Gasteiger partial charge in [0.25, 0.3) is 0 Å². The SMILES string of the molecule is CC1(C)CC(CCNc2cc(C(N)=O)ccc2N2CCCC2)CO1. The quantitative estimate of drug-likeness (QED) is 0.841. The van der Waals surface area contributed by atoms with Crippen molar-refractivity contribution in [3.63, 3.8) is 0 Å². The minimum absolute atomic E-state index is 0.0112. The number of benzene rings is 1. The van der Waals surface area contributed by atoms with Crippen LogP contribution in [0.1, 0.15) is 49.9 Å². The van der Waals surface area contributed by atoms with Gasteiger partial charge in [0.05, 0.1) is 23.6 Å². The lowest BCUT2D eigenvalue weighted by molar-refractivity contribution is 0.0349. The van der Waals surface area contributed by atoms with Crippen LogP contribution < -0.4 is 16.0 Å². The van der Waals surface area contributed by atoms with Gasteiger partial charge in [0.15, 0.2) is 0 Å². The van der Waals surface area contributed by atoms with E-state index >= 15 is 0 Å². The second-order valence-corrected chi connectivity index (χ2v) is 7.65. The van der Waals surface area contributed by atoms with Crippen molar-refractivity contribution in [2.24, 2.45) is 11.7 Å². The summed E-state index contributed by atoms with van der Waals surface area (Å²) in [4.78, 5) is 13.9. The molecule has 1 atom stereocenters. The highest BCUT2D eigenvalue weighted by Crippen LogP contribution is 2.33. The molecule has 0 saturated carbocycles. The van der Waals surface area contributed by atoms with Crippen LogP contribution in [0.3, 0.4) is 0 Å². The zero-order valence-electron chi connectivity index (χ0n) is 14.8. The van der Waals surface area contributed by atoms with Gasteiger partial charge in [-0.05, 0) is 63.6 Å². The predicted octanol–water partition coefficient (Wildman–Crippen LogP) is 3.00. The highest BCUT2D eigenvalue weighted by atomic mass is 16.5. The fraction of sp³-hybridized carbons (Fsp3) is 0.632.